The van der Waals surface area contributed by atoms with Gasteiger partial charge in [-0.15, -0.1) is 11.3 Å². The smallest absolute Gasteiger partial charge is 0.246 e. The van der Waals surface area contributed by atoms with Crippen LogP contribution in [0.25, 0.3) is 11.4 Å². The Hall–Kier alpha value is -2.52. The number of hydrogen-bond donors (Lipinski definition) is 2. The molecule has 0 fully saturated rings. The summed E-state index contributed by atoms with van der Waals surface area (Å²) in [4.78, 5) is 17.9. The van der Waals surface area contributed by atoms with Gasteiger partial charge in [0, 0.05) is 33.1 Å². The van der Waals surface area contributed by atoms with Gasteiger partial charge in [-0.1, -0.05) is 53.0 Å². The van der Waals surface area contributed by atoms with E-state index in [9.17, 15) is 4.79 Å². The maximum atomic E-state index is 12.7. The maximum absolute atomic E-state index is 12.7. The zero-order valence-electron chi connectivity index (χ0n) is 16.4. The van der Waals surface area contributed by atoms with Crippen molar-refractivity contribution in [2.45, 2.75) is 19.9 Å². The van der Waals surface area contributed by atoms with Crippen molar-refractivity contribution in [3.8, 4) is 11.4 Å². The van der Waals surface area contributed by atoms with Gasteiger partial charge >= 0.3 is 0 Å². The van der Waals surface area contributed by atoms with Crippen LogP contribution in [0.3, 0.4) is 0 Å². The lowest BCUT2D eigenvalue weighted by atomic mass is 10.1. The highest BCUT2D eigenvalue weighted by Gasteiger charge is 2.14. The molecule has 0 radical (unpaired) electrons. The minimum atomic E-state index is -0.239. The number of benzene rings is 2. The number of nitrogens with one attached hydrogen (secondary N) is 2. The van der Waals surface area contributed by atoms with Gasteiger partial charge in [-0.25, -0.2) is 4.98 Å². The summed E-state index contributed by atoms with van der Waals surface area (Å²) in [6.45, 7) is 2.02. The average molecular weight is 490 g/mol. The largest absolute Gasteiger partial charge is 0.300 e. The Morgan fingerprint density at radius 2 is 2.10 bits per heavy atom. The van der Waals surface area contributed by atoms with Crippen molar-refractivity contribution in [2.24, 2.45) is 0 Å². The first kappa shape index (κ1) is 21.7. The molecule has 0 bridgehead atoms. The van der Waals surface area contributed by atoms with E-state index in [-0.39, 0.29) is 12.5 Å². The fourth-order valence-electron chi connectivity index (χ4n) is 3.07. The van der Waals surface area contributed by atoms with Crippen LogP contribution < -0.4 is 5.32 Å². The molecule has 6 nitrogen and oxygen atoms in total. The van der Waals surface area contributed by atoms with Crippen molar-refractivity contribution in [2.75, 3.05) is 5.32 Å². The van der Waals surface area contributed by atoms with Crippen molar-refractivity contribution in [3.05, 3.63) is 79.5 Å². The third-order valence-electron chi connectivity index (χ3n) is 4.52. The third-order valence-corrected chi connectivity index (χ3v) is 6.33. The Morgan fingerprint density at radius 3 is 2.87 bits per heavy atom. The van der Waals surface area contributed by atoms with Gasteiger partial charge in [0.15, 0.2) is 15.7 Å². The number of halogens is 2. The topological polar surface area (TPSA) is 75.6 Å². The van der Waals surface area contributed by atoms with Gasteiger partial charge in [0.2, 0.25) is 5.91 Å². The molecule has 2 aromatic carbocycles. The zero-order chi connectivity index (χ0) is 22.0. The molecule has 0 aliphatic rings. The molecule has 0 aliphatic heterocycles. The molecule has 2 N–H and O–H groups in total. The summed E-state index contributed by atoms with van der Waals surface area (Å²) < 4.78 is 2.05. The van der Waals surface area contributed by atoms with Crippen LogP contribution in [0.5, 0.6) is 0 Å². The number of amides is 1. The van der Waals surface area contributed by atoms with Crippen molar-refractivity contribution in [1.29, 1.82) is 0 Å². The van der Waals surface area contributed by atoms with E-state index in [1.54, 1.807) is 22.9 Å². The number of H-pyrrole nitrogens is 1. The number of aryl methyl sites for hydroxylation is 1. The summed E-state index contributed by atoms with van der Waals surface area (Å²) in [5.41, 5.74) is 2.93. The Balaban J connectivity index is 1.46. The van der Waals surface area contributed by atoms with Crippen LogP contribution in [-0.2, 0) is 17.8 Å². The van der Waals surface area contributed by atoms with Crippen LogP contribution in [-0.4, -0.2) is 25.7 Å². The second kappa shape index (κ2) is 9.32. The quantitative estimate of drug-likeness (QED) is 0.330. The normalized spacial score (nSPS) is 10.9. The fourth-order valence-corrected chi connectivity index (χ4v) is 4.59. The highest BCUT2D eigenvalue weighted by molar-refractivity contribution is 7.71. The highest BCUT2D eigenvalue weighted by atomic mass is 35.5. The molecular weight excluding hydrogens is 473 g/mol. The van der Waals surface area contributed by atoms with Gasteiger partial charge in [-0.3, -0.25) is 14.5 Å². The fraction of sp³-hybridized carbons (Fsp3) is 0.143. The molecule has 0 spiro atoms. The standard InChI is InChI=1S/C21H17Cl2N5OS2/c1-12-3-2-4-14(7-12)19-26-27-21(30)28(19)11-18(29)25-20-24-10-16(31-20)8-13-5-6-15(22)9-17(13)23/h2-7,9-10H,8,11H2,1H3,(H,27,30)(H,24,25,29). The van der Waals surface area contributed by atoms with Crippen LogP contribution in [0.1, 0.15) is 16.0 Å². The Kier molecular flexibility index (Phi) is 6.52. The second-order valence-corrected chi connectivity index (χ2v) is 9.25. The molecule has 2 aromatic heterocycles. The second-order valence-electron chi connectivity index (χ2n) is 6.90. The summed E-state index contributed by atoms with van der Waals surface area (Å²) >= 11 is 18.9. The lowest BCUT2D eigenvalue weighted by Crippen LogP contribution is -2.19. The molecule has 31 heavy (non-hydrogen) atoms. The monoisotopic (exact) mass is 489 g/mol. The van der Waals surface area contributed by atoms with Gasteiger partial charge in [-0.05, 0) is 42.9 Å². The molecule has 0 aliphatic carbocycles. The Morgan fingerprint density at radius 1 is 1.26 bits per heavy atom. The van der Waals surface area contributed by atoms with Crippen LogP contribution >= 0.6 is 46.8 Å². The van der Waals surface area contributed by atoms with Gasteiger partial charge < -0.3 is 5.32 Å². The van der Waals surface area contributed by atoms with Gasteiger partial charge in [-0.2, -0.15) is 5.10 Å². The first-order valence-corrected chi connectivity index (χ1v) is 11.3. The summed E-state index contributed by atoms with van der Waals surface area (Å²) in [6.07, 6.45) is 2.33. The SMILES string of the molecule is Cc1cccc(-c2n[nH]c(=S)n2CC(=O)Nc2ncc(Cc3ccc(Cl)cc3Cl)s2)c1. The molecular formula is C21H17Cl2N5OS2. The summed E-state index contributed by atoms with van der Waals surface area (Å²) in [7, 11) is 0. The molecule has 158 valence electrons. The number of carbonyl (C=O) groups is 1. The number of rotatable bonds is 6. The number of carbonyl (C=O) groups excluding carboxylic acids is 1. The van der Waals surface area contributed by atoms with Gasteiger partial charge in [0.25, 0.3) is 0 Å². The van der Waals surface area contributed by atoms with Crippen LogP contribution in [0.4, 0.5) is 5.13 Å². The van der Waals surface area contributed by atoms with Crippen LogP contribution in [0, 0.1) is 11.7 Å². The van der Waals surface area contributed by atoms with Crippen molar-refractivity contribution < 1.29 is 4.79 Å². The van der Waals surface area contributed by atoms with Gasteiger partial charge in [0.05, 0.1) is 0 Å². The minimum absolute atomic E-state index is 0.0243. The van der Waals surface area contributed by atoms with E-state index in [0.717, 1.165) is 21.6 Å². The van der Waals surface area contributed by atoms with Gasteiger partial charge in [0.1, 0.15) is 6.54 Å². The first-order chi connectivity index (χ1) is 14.9. The third kappa shape index (κ3) is 5.22. The van der Waals surface area contributed by atoms with E-state index >= 15 is 0 Å². The predicted molar refractivity (Wildman–Crippen MR) is 128 cm³/mol. The van der Waals surface area contributed by atoms with Crippen LogP contribution in [0.15, 0.2) is 48.7 Å². The molecule has 10 heteroatoms. The van der Waals surface area contributed by atoms with Crippen molar-refractivity contribution >= 4 is 57.8 Å². The average Bonchev–Trinajstić information content (AvgIpc) is 3.31. The number of hydrogen-bond acceptors (Lipinski definition) is 5. The first-order valence-electron chi connectivity index (χ1n) is 9.30. The van der Waals surface area contributed by atoms with E-state index in [2.05, 4.69) is 20.5 Å². The van der Waals surface area contributed by atoms with Crippen LogP contribution in [0.2, 0.25) is 10.0 Å². The predicted octanol–water partition coefficient (Wildman–Crippen LogP) is 5.91. The molecule has 0 unspecified atom stereocenters. The minimum Gasteiger partial charge on any atom is -0.300 e. The zero-order valence-corrected chi connectivity index (χ0v) is 19.5. The number of aromatic nitrogens is 4. The molecule has 4 rings (SSSR count). The molecule has 2 heterocycles. The summed E-state index contributed by atoms with van der Waals surface area (Å²) in [5.74, 6) is 0.373. The lowest BCUT2D eigenvalue weighted by molar-refractivity contribution is -0.116. The van der Waals surface area contributed by atoms with E-state index in [1.165, 1.54) is 11.3 Å². The number of thiazole rings is 1. The highest BCUT2D eigenvalue weighted by Crippen LogP contribution is 2.27. The van der Waals surface area contributed by atoms with E-state index in [0.29, 0.717) is 32.2 Å². The molecule has 4 aromatic rings. The maximum Gasteiger partial charge on any atom is 0.246 e. The van der Waals surface area contributed by atoms with E-state index in [1.807, 2.05) is 37.3 Å². The molecule has 0 atom stereocenters. The summed E-state index contributed by atoms with van der Waals surface area (Å²) in [6, 6.07) is 13.3. The van der Waals surface area contributed by atoms with Crippen molar-refractivity contribution in [1.82, 2.24) is 19.7 Å². The van der Waals surface area contributed by atoms with Crippen molar-refractivity contribution in [3.63, 3.8) is 0 Å². The van der Waals surface area contributed by atoms with E-state index in [4.69, 9.17) is 35.4 Å². The Bertz CT molecular complexity index is 1310. The molecule has 0 saturated heterocycles. The molecule has 1 amide bonds. The number of anilines is 1. The lowest BCUT2D eigenvalue weighted by Gasteiger charge is -2.07. The van der Waals surface area contributed by atoms with E-state index < -0.39 is 0 Å². The number of nitrogens with zero attached hydrogens (tertiary/aromatic N) is 3. The Labute approximate surface area is 197 Å². The number of aromatic amines is 1. The summed E-state index contributed by atoms with van der Waals surface area (Å²) in [5, 5.41) is 11.6. The molecule has 0 saturated carbocycles.